The summed E-state index contributed by atoms with van der Waals surface area (Å²) in [5.74, 6) is 0.733. The molecule has 1 heterocycles. The third-order valence-corrected chi connectivity index (χ3v) is 7.38. The second kappa shape index (κ2) is 13.7. The largest absolute Gasteiger partial charge is 0.494 e. The van der Waals surface area contributed by atoms with Gasteiger partial charge in [-0.15, -0.1) is 0 Å². The van der Waals surface area contributed by atoms with Crippen LogP contribution in [0.1, 0.15) is 49.5 Å². The number of ether oxygens (including phenoxy) is 1. The molecule has 0 aliphatic heterocycles. The van der Waals surface area contributed by atoms with Gasteiger partial charge in [0.15, 0.2) is 0 Å². The molecular weight excluding hydrogens is 510 g/mol. The van der Waals surface area contributed by atoms with Gasteiger partial charge in [-0.05, 0) is 59.5 Å². The van der Waals surface area contributed by atoms with Gasteiger partial charge in [0, 0.05) is 24.8 Å². The van der Waals surface area contributed by atoms with Crippen LogP contribution in [0, 0.1) is 0 Å². The zero-order valence-electron chi connectivity index (χ0n) is 22.4. The van der Waals surface area contributed by atoms with Crippen LogP contribution in [-0.4, -0.2) is 29.8 Å². The Morgan fingerprint density at radius 1 is 0.974 bits per heavy atom. The van der Waals surface area contributed by atoms with E-state index in [0.717, 1.165) is 45.9 Å². The minimum absolute atomic E-state index is 0.0689. The number of carbonyl (C=O) groups is 1. The molecule has 0 radical (unpaired) electrons. The quantitative estimate of drug-likeness (QED) is 0.162. The van der Waals surface area contributed by atoms with Crippen LogP contribution < -0.4 is 19.8 Å². The SMILES string of the molecule is CCCCCCCOc1ccc(NC(=O)N(C)c2cccc(-c3ccc(Cc4sc(=O)[nH]c4O)cc3)c2)cc1. The first kappa shape index (κ1) is 28.0. The van der Waals surface area contributed by atoms with Crippen molar-refractivity contribution in [2.45, 2.75) is 45.4 Å². The number of thiazole rings is 1. The van der Waals surface area contributed by atoms with Crippen molar-refractivity contribution in [3.63, 3.8) is 0 Å². The summed E-state index contributed by atoms with van der Waals surface area (Å²) in [7, 11) is 1.74. The number of nitrogens with zero attached hydrogens (tertiary/aromatic N) is 1. The van der Waals surface area contributed by atoms with Crippen LogP contribution in [0.15, 0.2) is 77.6 Å². The molecule has 0 bridgehead atoms. The smallest absolute Gasteiger partial charge is 0.326 e. The van der Waals surface area contributed by atoms with Crippen molar-refractivity contribution in [3.8, 4) is 22.8 Å². The molecule has 0 unspecified atom stereocenters. The predicted octanol–water partition coefficient (Wildman–Crippen LogP) is 7.42. The molecule has 4 rings (SSSR count). The normalized spacial score (nSPS) is 10.8. The van der Waals surface area contributed by atoms with Crippen LogP contribution in [0.3, 0.4) is 0 Å². The third kappa shape index (κ3) is 7.97. The summed E-state index contributed by atoms with van der Waals surface area (Å²) in [5.41, 5.74) is 4.43. The van der Waals surface area contributed by atoms with Crippen molar-refractivity contribution >= 4 is 28.7 Å². The maximum Gasteiger partial charge on any atom is 0.326 e. The summed E-state index contributed by atoms with van der Waals surface area (Å²) < 4.78 is 5.81. The topological polar surface area (TPSA) is 94.7 Å². The number of hydrogen-bond donors (Lipinski definition) is 3. The second-order valence-electron chi connectivity index (χ2n) is 9.49. The highest BCUT2D eigenvalue weighted by atomic mass is 32.1. The molecule has 2 amide bonds. The molecule has 7 nitrogen and oxygen atoms in total. The lowest BCUT2D eigenvalue weighted by Crippen LogP contribution is -2.31. The molecule has 3 aromatic carbocycles. The van der Waals surface area contributed by atoms with Crippen molar-refractivity contribution in [1.82, 2.24) is 4.98 Å². The first-order valence-corrected chi connectivity index (χ1v) is 14.1. The Morgan fingerprint density at radius 3 is 2.41 bits per heavy atom. The minimum Gasteiger partial charge on any atom is -0.494 e. The van der Waals surface area contributed by atoms with E-state index in [2.05, 4.69) is 17.2 Å². The van der Waals surface area contributed by atoms with Crippen molar-refractivity contribution in [2.24, 2.45) is 0 Å². The molecule has 3 N–H and O–H groups in total. The van der Waals surface area contributed by atoms with Gasteiger partial charge in [-0.1, -0.05) is 80.3 Å². The fourth-order valence-corrected chi connectivity index (χ4v) is 4.98. The highest BCUT2D eigenvalue weighted by Gasteiger charge is 2.13. The van der Waals surface area contributed by atoms with E-state index in [4.69, 9.17) is 4.74 Å². The zero-order chi connectivity index (χ0) is 27.6. The van der Waals surface area contributed by atoms with E-state index >= 15 is 0 Å². The van der Waals surface area contributed by atoms with E-state index in [0.29, 0.717) is 23.6 Å². The van der Waals surface area contributed by atoms with Gasteiger partial charge in [-0.2, -0.15) is 0 Å². The first-order chi connectivity index (χ1) is 18.9. The third-order valence-electron chi connectivity index (χ3n) is 6.51. The molecule has 0 spiro atoms. The van der Waals surface area contributed by atoms with Crippen LogP contribution in [0.5, 0.6) is 11.6 Å². The molecule has 39 heavy (non-hydrogen) atoms. The van der Waals surface area contributed by atoms with Crippen molar-refractivity contribution in [3.05, 3.63) is 92.9 Å². The first-order valence-electron chi connectivity index (χ1n) is 13.3. The number of aromatic amines is 1. The van der Waals surface area contributed by atoms with E-state index in [1.54, 1.807) is 11.9 Å². The number of urea groups is 1. The number of benzene rings is 3. The van der Waals surface area contributed by atoms with E-state index in [9.17, 15) is 14.7 Å². The second-order valence-corrected chi connectivity index (χ2v) is 10.6. The minimum atomic E-state index is -0.265. The van der Waals surface area contributed by atoms with Crippen LogP contribution >= 0.6 is 11.3 Å². The molecular formula is C31H35N3O4S. The van der Waals surface area contributed by atoms with Gasteiger partial charge < -0.3 is 15.2 Å². The number of anilines is 2. The summed E-state index contributed by atoms with van der Waals surface area (Å²) in [5, 5.41) is 12.8. The van der Waals surface area contributed by atoms with Gasteiger partial charge >= 0.3 is 10.9 Å². The number of unbranched alkanes of at least 4 members (excludes halogenated alkanes) is 4. The number of H-pyrrole nitrogens is 1. The van der Waals surface area contributed by atoms with Crippen molar-refractivity contribution < 1.29 is 14.6 Å². The summed E-state index contributed by atoms with van der Waals surface area (Å²) in [6.07, 6.45) is 6.47. The fourth-order valence-electron chi connectivity index (χ4n) is 4.22. The van der Waals surface area contributed by atoms with E-state index in [1.165, 1.54) is 25.7 Å². The standard InChI is InChI=1S/C31H35N3O4S/c1-3-4-5-6-7-19-38-27-17-15-25(16-18-27)32-30(36)34(2)26-10-8-9-24(21-26)23-13-11-22(12-14-23)20-28-29(35)33-31(37)39-28/h8-18,21,35H,3-7,19-20H2,1-2H3,(H,32,36)(H,33,37). The highest BCUT2D eigenvalue weighted by molar-refractivity contribution is 7.09. The Labute approximate surface area is 233 Å². The number of amides is 2. The lowest BCUT2D eigenvalue weighted by Gasteiger charge is -2.19. The monoisotopic (exact) mass is 545 g/mol. The lowest BCUT2D eigenvalue weighted by molar-refractivity contribution is 0.258. The molecule has 0 aliphatic carbocycles. The molecule has 0 fully saturated rings. The number of nitrogens with one attached hydrogen (secondary N) is 2. The Balaban J connectivity index is 1.32. The fraction of sp³-hybridized carbons (Fsp3) is 0.290. The number of rotatable bonds is 12. The van der Waals surface area contributed by atoms with Gasteiger partial charge in [-0.3, -0.25) is 14.7 Å². The lowest BCUT2D eigenvalue weighted by atomic mass is 10.0. The summed E-state index contributed by atoms with van der Waals surface area (Å²) >= 11 is 1.01. The Hall–Kier alpha value is -4.04. The van der Waals surface area contributed by atoms with Crippen molar-refractivity contribution in [2.75, 3.05) is 23.9 Å². The van der Waals surface area contributed by atoms with Gasteiger partial charge in [0.2, 0.25) is 5.88 Å². The van der Waals surface area contributed by atoms with E-state index in [1.807, 2.05) is 72.8 Å². The number of aromatic nitrogens is 1. The molecule has 204 valence electrons. The summed E-state index contributed by atoms with van der Waals surface area (Å²) in [6.45, 7) is 2.91. The average molecular weight is 546 g/mol. The van der Waals surface area contributed by atoms with Crippen LogP contribution in [0.25, 0.3) is 11.1 Å². The molecule has 8 heteroatoms. The molecule has 1 aromatic heterocycles. The average Bonchev–Trinajstić information content (AvgIpc) is 3.27. The van der Waals surface area contributed by atoms with Crippen LogP contribution in [0.4, 0.5) is 16.2 Å². The van der Waals surface area contributed by atoms with Crippen LogP contribution in [0.2, 0.25) is 0 Å². The molecule has 4 aromatic rings. The van der Waals surface area contributed by atoms with Crippen LogP contribution in [-0.2, 0) is 6.42 Å². The number of hydrogen-bond acceptors (Lipinski definition) is 5. The molecule has 0 aliphatic rings. The molecule has 0 saturated carbocycles. The summed E-state index contributed by atoms with van der Waals surface area (Å²) in [4.78, 5) is 28.7. The summed E-state index contributed by atoms with van der Waals surface area (Å²) in [6, 6.07) is 22.9. The Bertz CT molecular complexity index is 1410. The van der Waals surface area contributed by atoms with Crippen molar-refractivity contribution in [1.29, 1.82) is 0 Å². The molecule has 0 saturated heterocycles. The zero-order valence-corrected chi connectivity index (χ0v) is 23.2. The van der Waals surface area contributed by atoms with Gasteiger partial charge in [0.05, 0.1) is 11.5 Å². The number of carbonyl (C=O) groups excluding carboxylic acids is 1. The Morgan fingerprint density at radius 2 is 1.72 bits per heavy atom. The maximum absolute atomic E-state index is 12.9. The number of aromatic hydroxyl groups is 1. The van der Waals surface area contributed by atoms with Gasteiger partial charge in [0.25, 0.3) is 0 Å². The maximum atomic E-state index is 12.9. The Kier molecular flexibility index (Phi) is 9.80. The van der Waals surface area contributed by atoms with E-state index in [-0.39, 0.29) is 16.8 Å². The highest BCUT2D eigenvalue weighted by Crippen LogP contribution is 2.27. The van der Waals surface area contributed by atoms with Gasteiger partial charge in [-0.25, -0.2) is 4.79 Å². The van der Waals surface area contributed by atoms with Gasteiger partial charge in [0.1, 0.15) is 5.75 Å². The van der Waals surface area contributed by atoms with E-state index < -0.39 is 0 Å². The molecule has 0 atom stereocenters. The predicted molar refractivity (Wildman–Crippen MR) is 159 cm³/mol.